The lowest BCUT2D eigenvalue weighted by Crippen LogP contribution is -2.44. The third-order valence-corrected chi connectivity index (χ3v) is 6.72. The smallest absolute Gasteiger partial charge is 0.165 e. The van der Waals surface area contributed by atoms with Gasteiger partial charge in [0.15, 0.2) is 23.3 Å². The van der Waals surface area contributed by atoms with Gasteiger partial charge in [0.2, 0.25) is 0 Å². The fraction of sp³-hybridized carbons (Fsp3) is 0.304. The van der Waals surface area contributed by atoms with Gasteiger partial charge >= 0.3 is 0 Å². The second-order valence-corrected chi connectivity index (χ2v) is 13.0. The maximum Gasteiger partial charge on any atom is 0.165 e. The van der Waals surface area contributed by atoms with Crippen LogP contribution >= 0.6 is 0 Å². The third kappa shape index (κ3) is 5.44. The number of hydrogen-bond donors (Lipinski definition) is 0. The second-order valence-electron chi connectivity index (χ2n) is 8.02. The van der Waals surface area contributed by atoms with Crippen molar-refractivity contribution in [1.29, 1.82) is 0 Å². The van der Waals surface area contributed by atoms with E-state index in [1.165, 1.54) is 18.2 Å². The quantitative estimate of drug-likeness (QED) is 0.190. The summed E-state index contributed by atoms with van der Waals surface area (Å²) in [4.78, 5) is 0. The number of allylic oxidation sites excluding steroid dienone is 3. The molecule has 0 fully saturated rings. The van der Waals surface area contributed by atoms with Crippen molar-refractivity contribution < 1.29 is 22.0 Å². The van der Waals surface area contributed by atoms with E-state index in [4.69, 9.17) is 0 Å². The molecule has 0 aliphatic rings. The van der Waals surface area contributed by atoms with E-state index < -0.39 is 48.0 Å². The van der Waals surface area contributed by atoms with Crippen molar-refractivity contribution in [3.63, 3.8) is 0 Å². The van der Waals surface area contributed by atoms with Gasteiger partial charge in [0, 0.05) is 16.7 Å². The molecule has 2 rings (SSSR count). The van der Waals surface area contributed by atoms with Gasteiger partial charge in [-0.1, -0.05) is 50.0 Å². The molecule has 0 heterocycles. The van der Waals surface area contributed by atoms with Gasteiger partial charge in [-0.05, 0) is 37.0 Å². The lowest BCUT2D eigenvalue weighted by molar-refractivity contribution is 0.438. The van der Waals surface area contributed by atoms with Crippen molar-refractivity contribution in [3.8, 4) is 0 Å². The Kier molecular flexibility index (Phi) is 7.58. The highest BCUT2D eigenvalue weighted by Crippen LogP contribution is 2.31. The Morgan fingerprint density at radius 2 is 1.41 bits per heavy atom. The normalized spacial score (nSPS) is 13.1. The molecule has 0 amide bonds. The highest BCUT2D eigenvalue weighted by molar-refractivity contribution is 6.88. The standard InChI is InChI=1S/C23H25F5Si/c1-5-16(10-8-6-7-9-15-11-13-17(24)14-12-15)18-19(25)21(27)23(29(2,3)4)22(28)20(18)26/h5-7,11-14,16H,1,8-10H2,2-4H3/b7-6+. The minimum atomic E-state index is -2.62. The summed E-state index contributed by atoms with van der Waals surface area (Å²) in [6.07, 6.45) is 6.25. The minimum absolute atomic E-state index is 0.252. The molecule has 0 bridgehead atoms. The van der Waals surface area contributed by atoms with Crippen LogP contribution in [0.1, 0.15) is 29.9 Å². The van der Waals surface area contributed by atoms with E-state index in [0.717, 1.165) is 5.56 Å². The van der Waals surface area contributed by atoms with Crippen LogP contribution in [0.3, 0.4) is 0 Å². The molecule has 0 radical (unpaired) electrons. The molecule has 1 unspecified atom stereocenters. The van der Waals surface area contributed by atoms with Crippen molar-refractivity contribution in [2.45, 2.75) is 44.8 Å². The average Bonchev–Trinajstić information content (AvgIpc) is 2.65. The molecule has 6 heteroatoms. The molecule has 2 aromatic rings. The summed E-state index contributed by atoms with van der Waals surface area (Å²) in [7, 11) is -2.62. The molecule has 0 N–H and O–H groups in total. The van der Waals surface area contributed by atoms with Crippen molar-refractivity contribution in [1.82, 2.24) is 0 Å². The van der Waals surface area contributed by atoms with Crippen molar-refractivity contribution in [2.75, 3.05) is 0 Å². The lowest BCUT2D eigenvalue weighted by Gasteiger charge is -2.22. The second kappa shape index (κ2) is 9.52. The number of rotatable bonds is 8. The summed E-state index contributed by atoms with van der Waals surface area (Å²) in [5.41, 5.74) is 0.315. The first-order valence-electron chi connectivity index (χ1n) is 9.46. The molecule has 0 spiro atoms. The van der Waals surface area contributed by atoms with Crippen LogP contribution < -0.4 is 5.19 Å². The molecular weight excluding hydrogens is 399 g/mol. The van der Waals surface area contributed by atoms with Crippen LogP contribution in [0.2, 0.25) is 19.6 Å². The van der Waals surface area contributed by atoms with Gasteiger partial charge in [-0.15, -0.1) is 6.58 Å². The van der Waals surface area contributed by atoms with E-state index in [1.54, 1.807) is 31.8 Å². The number of hydrogen-bond acceptors (Lipinski definition) is 0. The van der Waals surface area contributed by atoms with E-state index in [9.17, 15) is 22.0 Å². The topological polar surface area (TPSA) is 0 Å². The molecule has 0 aromatic heterocycles. The highest BCUT2D eigenvalue weighted by Gasteiger charge is 2.34. The van der Waals surface area contributed by atoms with Gasteiger partial charge in [-0.2, -0.15) is 0 Å². The van der Waals surface area contributed by atoms with Crippen LogP contribution in [0, 0.1) is 29.1 Å². The van der Waals surface area contributed by atoms with Crippen LogP contribution in [0.5, 0.6) is 0 Å². The summed E-state index contributed by atoms with van der Waals surface area (Å²) in [5, 5.41) is -0.460. The summed E-state index contributed by atoms with van der Waals surface area (Å²) in [6, 6.07) is 6.08. The Bertz CT molecular complexity index is 866. The molecule has 0 saturated heterocycles. The number of halogens is 5. The maximum atomic E-state index is 14.6. The summed E-state index contributed by atoms with van der Waals surface area (Å²) in [5.74, 6) is -6.42. The van der Waals surface area contributed by atoms with Gasteiger partial charge in [0.05, 0.1) is 8.07 Å². The van der Waals surface area contributed by atoms with Crippen molar-refractivity contribution in [2.24, 2.45) is 0 Å². The zero-order valence-corrected chi connectivity index (χ0v) is 17.8. The zero-order chi connectivity index (χ0) is 21.8. The fourth-order valence-electron chi connectivity index (χ4n) is 3.25. The Morgan fingerprint density at radius 1 is 0.862 bits per heavy atom. The maximum absolute atomic E-state index is 14.6. The molecule has 1 atom stereocenters. The Morgan fingerprint density at radius 3 is 1.90 bits per heavy atom. The predicted molar refractivity (Wildman–Crippen MR) is 111 cm³/mol. The molecule has 0 nitrogen and oxygen atoms in total. The molecule has 2 aromatic carbocycles. The minimum Gasteiger partial charge on any atom is -0.207 e. The van der Waals surface area contributed by atoms with E-state index in [1.807, 2.05) is 12.2 Å². The van der Waals surface area contributed by atoms with E-state index in [0.29, 0.717) is 12.8 Å². The first kappa shape index (κ1) is 23.1. The fourth-order valence-corrected chi connectivity index (χ4v) is 4.78. The van der Waals surface area contributed by atoms with Crippen LogP contribution in [0.4, 0.5) is 22.0 Å². The Balaban J connectivity index is 2.16. The van der Waals surface area contributed by atoms with Crippen molar-refractivity contribution >= 4 is 13.3 Å². The monoisotopic (exact) mass is 424 g/mol. The molecule has 0 aliphatic heterocycles. The van der Waals surface area contributed by atoms with Crippen molar-refractivity contribution in [3.05, 3.63) is 89.3 Å². The van der Waals surface area contributed by atoms with Crippen LogP contribution in [-0.2, 0) is 6.42 Å². The summed E-state index contributed by atoms with van der Waals surface area (Å²) < 4.78 is 71.2. The Labute approximate surface area is 169 Å². The SMILES string of the molecule is C=CC(CC/C=C/Cc1ccc(F)cc1)c1c(F)c(F)c([Si](C)(C)C)c(F)c1F. The molecular formula is C23H25F5Si. The third-order valence-electron chi connectivity index (χ3n) is 4.78. The van der Waals surface area contributed by atoms with E-state index in [2.05, 4.69) is 6.58 Å². The summed E-state index contributed by atoms with van der Waals surface area (Å²) in [6.45, 7) is 8.46. The van der Waals surface area contributed by atoms with Crippen LogP contribution in [0.25, 0.3) is 0 Å². The Hall–Kier alpha value is -2.21. The highest BCUT2D eigenvalue weighted by atomic mass is 28.3. The first-order valence-corrected chi connectivity index (χ1v) is 13.0. The van der Waals surface area contributed by atoms with Crippen LogP contribution in [0.15, 0.2) is 49.1 Å². The molecule has 0 saturated carbocycles. The predicted octanol–water partition coefficient (Wildman–Crippen LogP) is 6.78. The molecule has 29 heavy (non-hydrogen) atoms. The van der Waals surface area contributed by atoms with Crippen LogP contribution in [-0.4, -0.2) is 8.07 Å². The first-order chi connectivity index (χ1) is 13.6. The number of benzene rings is 2. The average molecular weight is 425 g/mol. The van der Waals surface area contributed by atoms with Gasteiger partial charge < -0.3 is 0 Å². The molecule has 156 valence electrons. The van der Waals surface area contributed by atoms with E-state index >= 15 is 0 Å². The zero-order valence-electron chi connectivity index (χ0n) is 16.8. The molecule has 0 aliphatic carbocycles. The van der Waals surface area contributed by atoms with Gasteiger partial charge in [-0.25, -0.2) is 22.0 Å². The summed E-state index contributed by atoms with van der Waals surface area (Å²) >= 11 is 0. The van der Waals surface area contributed by atoms with Gasteiger partial charge in [0.1, 0.15) is 5.82 Å². The van der Waals surface area contributed by atoms with Gasteiger partial charge in [-0.3, -0.25) is 0 Å². The van der Waals surface area contributed by atoms with E-state index in [-0.39, 0.29) is 12.2 Å². The lowest BCUT2D eigenvalue weighted by atomic mass is 9.92. The van der Waals surface area contributed by atoms with Gasteiger partial charge in [0.25, 0.3) is 0 Å². The largest absolute Gasteiger partial charge is 0.207 e.